The van der Waals surface area contributed by atoms with E-state index in [0.717, 1.165) is 5.69 Å². The van der Waals surface area contributed by atoms with Gasteiger partial charge in [0.15, 0.2) is 0 Å². The molecule has 0 aliphatic heterocycles. The zero-order valence-corrected chi connectivity index (χ0v) is 69.4. The lowest BCUT2D eigenvalue weighted by atomic mass is 9.83. The molecular formula is C105H105N7. The highest BCUT2D eigenvalue weighted by Crippen LogP contribution is 2.55. The predicted molar refractivity (Wildman–Crippen MR) is 466 cm³/mol. The number of fused-ring (bicyclic) bond motifs is 21. The van der Waals surface area contributed by atoms with Crippen LogP contribution in [0.3, 0.4) is 0 Å². The van der Waals surface area contributed by atoms with Crippen LogP contribution >= 0.6 is 0 Å². The van der Waals surface area contributed by atoms with E-state index in [1.807, 2.05) is 61.4 Å². The molecular weight excluding hydrogens is 1360 g/mol. The Morgan fingerprint density at radius 2 is 0.580 bits per heavy atom. The van der Waals surface area contributed by atoms with Crippen LogP contribution in [-0.2, 0) is 37.9 Å². The van der Waals surface area contributed by atoms with Gasteiger partial charge in [0.1, 0.15) is 0 Å². The second-order valence-electron chi connectivity index (χ2n) is 35.3. The van der Waals surface area contributed by atoms with E-state index in [1.54, 1.807) is 0 Å². The number of rotatable bonds is 0. The highest BCUT2D eigenvalue weighted by molar-refractivity contribution is 5.86. The fourth-order valence-electron chi connectivity index (χ4n) is 19.1. The summed E-state index contributed by atoms with van der Waals surface area (Å²) < 4.78 is 0. The smallest absolute Gasteiger partial charge is 0.0585 e. The fraction of sp³-hybridized carbons (Fsp3) is 0.267. The van der Waals surface area contributed by atoms with E-state index >= 15 is 0 Å². The van der Waals surface area contributed by atoms with Gasteiger partial charge in [-0.05, 0) is 191 Å². The van der Waals surface area contributed by atoms with E-state index < -0.39 is 0 Å². The number of hydrogen-bond donors (Lipinski definition) is 0. The molecule has 0 radical (unpaired) electrons. The molecule has 7 nitrogen and oxygen atoms in total. The van der Waals surface area contributed by atoms with Crippen molar-refractivity contribution in [2.24, 2.45) is 0 Å². The molecule has 7 aromatic carbocycles. The van der Waals surface area contributed by atoms with Crippen LogP contribution < -0.4 is 0 Å². The topological polar surface area (TPSA) is 90.2 Å². The van der Waals surface area contributed by atoms with E-state index in [2.05, 4.69) is 369 Å². The molecule has 112 heavy (non-hydrogen) atoms. The Morgan fingerprint density at radius 1 is 0.205 bits per heavy atom. The van der Waals surface area contributed by atoms with Gasteiger partial charge in [-0.3, -0.25) is 34.9 Å². The van der Waals surface area contributed by atoms with Crippen LogP contribution in [0.5, 0.6) is 0 Å². The van der Waals surface area contributed by atoms with Gasteiger partial charge >= 0.3 is 0 Å². The van der Waals surface area contributed by atoms with Crippen molar-refractivity contribution in [1.82, 2.24) is 34.9 Å². The Morgan fingerprint density at radius 3 is 1.21 bits per heavy atom. The molecule has 0 amide bonds. The van der Waals surface area contributed by atoms with Crippen LogP contribution in [0.25, 0.3) is 77.9 Å². The molecule has 0 fully saturated rings. The summed E-state index contributed by atoms with van der Waals surface area (Å²) in [4.78, 5) is 32.2. The summed E-state index contributed by atoms with van der Waals surface area (Å²) >= 11 is 0. The van der Waals surface area contributed by atoms with E-state index in [9.17, 15) is 0 Å². The second kappa shape index (κ2) is 28.4. The minimum absolute atomic E-state index is 0.0390. The maximum atomic E-state index is 4.72. The quantitative estimate of drug-likeness (QED) is 0.149. The van der Waals surface area contributed by atoms with Gasteiger partial charge in [-0.25, -0.2) is 0 Å². The van der Waals surface area contributed by atoms with Gasteiger partial charge in [0.25, 0.3) is 0 Å². The first kappa shape index (κ1) is 76.0. The molecule has 0 N–H and O–H groups in total. The molecule has 7 aliphatic rings. The summed E-state index contributed by atoms with van der Waals surface area (Å²) in [6.45, 7) is 46.5. The van der Waals surface area contributed by atoms with Gasteiger partial charge in [0, 0.05) is 120 Å². The Hall–Kier alpha value is -11.4. The Kier molecular flexibility index (Phi) is 19.3. The maximum Gasteiger partial charge on any atom is 0.0585 e. The minimum atomic E-state index is 0.0390. The lowest BCUT2D eigenvalue weighted by molar-refractivity contribution is 0.633. The highest BCUT2D eigenvalue weighted by atomic mass is 14.8. The van der Waals surface area contributed by atoms with Crippen molar-refractivity contribution in [3.05, 3.63) is 373 Å². The van der Waals surface area contributed by atoms with Crippen LogP contribution in [0.4, 0.5) is 0 Å². The first-order valence-corrected chi connectivity index (χ1v) is 39.8. The lowest BCUT2D eigenvalue weighted by Crippen LogP contribution is -2.17. The molecule has 0 saturated carbocycles. The molecule has 0 spiro atoms. The van der Waals surface area contributed by atoms with Gasteiger partial charge < -0.3 is 0 Å². The molecule has 0 unspecified atom stereocenters. The zero-order valence-electron chi connectivity index (χ0n) is 69.4. The van der Waals surface area contributed by atoms with Crippen molar-refractivity contribution in [3.63, 3.8) is 0 Å². The molecule has 14 aromatic rings. The molecule has 0 atom stereocenters. The normalized spacial score (nSPS) is 15.7. The van der Waals surface area contributed by atoms with Crippen LogP contribution in [-0.4, -0.2) is 34.9 Å². The Labute approximate surface area is 665 Å². The molecule has 7 heterocycles. The predicted octanol–water partition coefficient (Wildman–Crippen LogP) is 25.9. The van der Waals surface area contributed by atoms with Crippen molar-refractivity contribution in [3.8, 4) is 77.9 Å². The third-order valence-electron chi connectivity index (χ3n) is 24.9. The van der Waals surface area contributed by atoms with Crippen molar-refractivity contribution < 1.29 is 0 Å². The summed E-state index contributed by atoms with van der Waals surface area (Å²) in [6.07, 6.45) is 11.4. The summed E-state index contributed by atoms with van der Waals surface area (Å²) in [7, 11) is 0. The van der Waals surface area contributed by atoms with Crippen LogP contribution in [0.15, 0.2) is 256 Å². The van der Waals surface area contributed by atoms with E-state index in [-0.39, 0.29) is 37.9 Å². The number of benzene rings is 7. The van der Waals surface area contributed by atoms with E-state index in [1.165, 1.54) is 190 Å². The molecule has 0 bridgehead atoms. The highest BCUT2D eigenvalue weighted by Gasteiger charge is 2.43. The molecule has 7 aromatic heterocycles. The summed E-state index contributed by atoms with van der Waals surface area (Å²) in [5.41, 5.74) is 46.2. The number of hydrogen-bond acceptors (Lipinski definition) is 7. The monoisotopic (exact) mass is 1460 g/mol. The molecule has 7 aliphatic carbocycles. The largest absolute Gasteiger partial charge is 0.260 e. The van der Waals surface area contributed by atoms with Crippen molar-refractivity contribution in [1.29, 1.82) is 0 Å². The Balaban J connectivity index is 0.000000103. The molecule has 7 heteroatoms. The fourth-order valence-corrected chi connectivity index (χ4v) is 19.1. The van der Waals surface area contributed by atoms with Crippen LogP contribution in [0, 0.1) is 48.5 Å². The van der Waals surface area contributed by atoms with Gasteiger partial charge in [-0.1, -0.05) is 284 Å². The van der Waals surface area contributed by atoms with Crippen LogP contribution in [0.2, 0.25) is 0 Å². The van der Waals surface area contributed by atoms with E-state index in [0.29, 0.717) is 0 Å². The minimum Gasteiger partial charge on any atom is -0.260 e. The van der Waals surface area contributed by atoms with Crippen molar-refractivity contribution >= 4 is 0 Å². The summed E-state index contributed by atoms with van der Waals surface area (Å²) in [5, 5.41) is 0. The number of pyridine rings is 7. The Bertz CT molecular complexity index is 5700. The average molecular weight is 1470 g/mol. The zero-order chi connectivity index (χ0) is 79.4. The SMILES string of the molecule is Cc1ccc2c(c1)-c1cccnc1C2(C)C.Cc1ccc2c(c1)C(C)(C)c1ncccc1-2.Cc1ccc2c(n1)C(C)(C)c1ccccc1-2.Cc1cccc2c1-c1cccnc1C2(C)C.Cc1cccc2c1C(C)(C)c1ncccc1-2.Cc1ccnc2c1-c1ccccc1C2(C)C.Cc1cnc2c(c1)-c1ccccc1C2(C)C. The van der Waals surface area contributed by atoms with E-state index in [4.69, 9.17) is 4.98 Å². The molecule has 560 valence electrons. The van der Waals surface area contributed by atoms with Crippen LogP contribution in [0.1, 0.15) is 215 Å². The number of aromatic nitrogens is 7. The van der Waals surface area contributed by atoms with Crippen molar-refractivity contribution in [2.75, 3.05) is 0 Å². The van der Waals surface area contributed by atoms with Gasteiger partial charge in [0.05, 0.1) is 39.9 Å². The van der Waals surface area contributed by atoms with Gasteiger partial charge in [0.2, 0.25) is 0 Å². The first-order chi connectivity index (χ1) is 53.3. The molecule has 21 rings (SSSR count). The number of aryl methyl sites for hydroxylation is 7. The van der Waals surface area contributed by atoms with Crippen molar-refractivity contribution in [2.45, 2.75) is 183 Å². The lowest BCUT2D eigenvalue weighted by Gasteiger charge is -2.21. The standard InChI is InChI=1S/7C15H15N/c1-10-6-4-8-12-13(10)11-7-5-9-16-14(11)15(12,2)3;1-10-6-4-7-11-12-8-5-9-16-14(12)15(2,3)13(10)11;1-10-6-7-11-12-5-4-8-16-14(12)15(2,3)13(11)9-10;1-10-6-7-13-12(9-10)11-5-4-8-16-14(11)15(13,2)3;1-10-8-12-11-6-4-5-7-13(11)15(2,3)14(12)16-9-10;1-10-8-9-12-11-6-4-5-7-13(11)15(2,3)14(12)16-10;1-10-8-9-16-14-13(10)11-6-4-5-7-12(11)15(14,2)3/h7*4-9H,1-3H3. The first-order valence-electron chi connectivity index (χ1n) is 39.8. The second-order valence-corrected chi connectivity index (χ2v) is 35.3. The average Bonchev–Trinajstić information content (AvgIpc) is 1.74. The third kappa shape index (κ3) is 12.7. The number of nitrogens with zero attached hydrogens (tertiary/aromatic N) is 7. The summed E-state index contributed by atoms with van der Waals surface area (Å²) in [6, 6.07) is 77.8. The van der Waals surface area contributed by atoms with Gasteiger partial charge in [-0.2, -0.15) is 0 Å². The maximum absolute atomic E-state index is 4.72. The summed E-state index contributed by atoms with van der Waals surface area (Å²) in [5.74, 6) is 0. The third-order valence-corrected chi connectivity index (χ3v) is 24.9. The molecule has 0 saturated heterocycles. The van der Waals surface area contributed by atoms with Gasteiger partial charge in [-0.15, -0.1) is 0 Å².